The molecule has 0 aromatic carbocycles. The Balaban J connectivity index is 2.70. The summed E-state index contributed by atoms with van der Waals surface area (Å²) >= 11 is 0. The van der Waals surface area contributed by atoms with Crippen molar-refractivity contribution in [3.63, 3.8) is 0 Å². The van der Waals surface area contributed by atoms with Crippen LogP contribution in [-0.2, 0) is 16.6 Å². The molecular formula is C11H20N4O2. The minimum absolute atomic E-state index is 0.0116. The highest BCUT2D eigenvalue weighted by molar-refractivity contribution is 5.82. The number of aromatic nitrogens is 2. The lowest BCUT2D eigenvalue weighted by molar-refractivity contribution is -0.132. The minimum atomic E-state index is -0.356. The van der Waals surface area contributed by atoms with E-state index in [9.17, 15) is 4.79 Å². The lowest BCUT2D eigenvalue weighted by Gasteiger charge is -2.22. The zero-order valence-electron chi connectivity index (χ0n) is 10.8. The number of ether oxygens (including phenoxy) is 1. The van der Waals surface area contributed by atoms with E-state index in [1.54, 1.807) is 37.0 Å². The predicted octanol–water partition coefficient (Wildman–Crippen LogP) is -0.215. The third-order valence-electron chi connectivity index (χ3n) is 2.60. The molecule has 6 heteroatoms. The fourth-order valence-electron chi connectivity index (χ4n) is 1.58. The molecule has 0 saturated heterocycles. The minimum Gasteiger partial charge on any atom is -0.383 e. The number of carbonyl (C=O) groups is 1. The second-order valence-corrected chi connectivity index (χ2v) is 3.92. The summed E-state index contributed by atoms with van der Waals surface area (Å²) in [6, 6.07) is -0.356. The number of nitrogens with zero attached hydrogens (tertiary/aromatic N) is 3. The van der Waals surface area contributed by atoms with Gasteiger partial charge >= 0.3 is 0 Å². The second-order valence-electron chi connectivity index (χ2n) is 3.92. The van der Waals surface area contributed by atoms with Crippen LogP contribution in [0.3, 0.4) is 0 Å². The highest BCUT2D eigenvalue weighted by Crippen LogP contribution is 2.13. The molecule has 0 radical (unpaired) electrons. The predicted molar refractivity (Wildman–Crippen MR) is 64.5 cm³/mol. The van der Waals surface area contributed by atoms with Gasteiger partial charge in [-0.25, -0.2) is 0 Å². The zero-order valence-corrected chi connectivity index (χ0v) is 10.8. The van der Waals surface area contributed by atoms with E-state index in [4.69, 9.17) is 4.74 Å². The smallest absolute Gasteiger partial charge is 0.244 e. The number of hydrogen-bond acceptors (Lipinski definition) is 4. The van der Waals surface area contributed by atoms with Crippen LogP contribution in [0.5, 0.6) is 0 Å². The Bertz CT molecular complexity index is 364. The van der Waals surface area contributed by atoms with Gasteiger partial charge in [0.1, 0.15) is 6.04 Å². The van der Waals surface area contributed by atoms with Crippen LogP contribution in [0.1, 0.15) is 11.6 Å². The van der Waals surface area contributed by atoms with Gasteiger partial charge in [0.2, 0.25) is 5.91 Å². The van der Waals surface area contributed by atoms with Gasteiger partial charge in [0.15, 0.2) is 0 Å². The molecule has 0 bridgehead atoms. The zero-order chi connectivity index (χ0) is 12.8. The van der Waals surface area contributed by atoms with Crippen molar-refractivity contribution < 1.29 is 9.53 Å². The number of aryl methyl sites for hydroxylation is 1. The lowest BCUT2D eigenvalue weighted by atomic mass is 10.1. The van der Waals surface area contributed by atoms with Crippen molar-refractivity contribution in [3.05, 3.63) is 18.0 Å². The van der Waals surface area contributed by atoms with Crippen LogP contribution < -0.4 is 5.32 Å². The van der Waals surface area contributed by atoms with E-state index in [1.807, 2.05) is 13.2 Å². The summed E-state index contributed by atoms with van der Waals surface area (Å²) < 4.78 is 6.64. The van der Waals surface area contributed by atoms with E-state index < -0.39 is 0 Å². The molecular weight excluding hydrogens is 220 g/mol. The van der Waals surface area contributed by atoms with Gasteiger partial charge in [0, 0.05) is 39.5 Å². The number of methoxy groups -OCH3 is 1. The Labute approximate surface area is 102 Å². The average Bonchev–Trinajstić information content (AvgIpc) is 2.73. The normalized spacial score (nSPS) is 12.5. The summed E-state index contributed by atoms with van der Waals surface area (Å²) in [4.78, 5) is 13.8. The Morgan fingerprint density at radius 3 is 2.88 bits per heavy atom. The summed E-state index contributed by atoms with van der Waals surface area (Å²) in [5, 5.41) is 7.07. The quantitative estimate of drug-likeness (QED) is 0.747. The number of rotatable bonds is 6. The molecule has 0 aliphatic rings. The molecule has 0 aliphatic carbocycles. The molecule has 1 heterocycles. The number of amides is 1. The molecule has 96 valence electrons. The topological polar surface area (TPSA) is 59.4 Å². The Morgan fingerprint density at radius 1 is 1.71 bits per heavy atom. The molecule has 6 nitrogen and oxygen atoms in total. The molecule has 0 aliphatic heterocycles. The third kappa shape index (κ3) is 3.54. The van der Waals surface area contributed by atoms with Gasteiger partial charge in [-0.2, -0.15) is 5.10 Å². The van der Waals surface area contributed by atoms with Crippen LogP contribution >= 0.6 is 0 Å². The second kappa shape index (κ2) is 6.36. The van der Waals surface area contributed by atoms with Crippen LogP contribution in [0.25, 0.3) is 0 Å². The Morgan fingerprint density at radius 2 is 2.41 bits per heavy atom. The van der Waals surface area contributed by atoms with E-state index in [-0.39, 0.29) is 11.9 Å². The van der Waals surface area contributed by atoms with Crippen LogP contribution in [0.2, 0.25) is 0 Å². The molecule has 17 heavy (non-hydrogen) atoms. The van der Waals surface area contributed by atoms with E-state index >= 15 is 0 Å². The first-order chi connectivity index (χ1) is 8.10. The van der Waals surface area contributed by atoms with E-state index in [2.05, 4.69) is 10.4 Å². The first kappa shape index (κ1) is 13.7. The van der Waals surface area contributed by atoms with E-state index in [0.29, 0.717) is 13.2 Å². The van der Waals surface area contributed by atoms with Crippen molar-refractivity contribution in [2.45, 2.75) is 6.04 Å². The number of hydrogen-bond donors (Lipinski definition) is 1. The summed E-state index contributed by atoms with van der Waals surface area (Å²) in [7, 11) is 6.98. The van der Waals surface area contributed by atoms with Gasteiger partial charge in [-0.15, -0.1) is 0 Å². The average molecular weight is 240 g/mol. The SMILES string of the molecule is CNC(C(=O)N(C)CCOC)c1cnn(C)c1. The van der Waals surface area contributed by atoms with Crippen LogP contribution in [0.4, 0.5) is 0 Å². The van der Waals surface area contributed by atoms with Gasteiger partial charge in [0.25, 0.3) is 0 Å². The fourth-order valence-corrected chi connectivity index (χ4v) is 1.58. The Kier molecular flexibility index (Phi) is 5.11. The maximum absolute atomic E-state index is 12.2. The van der Waals surface area contributed by atoms with Crippen molar-refractivity contribution in [2.75, 3.05) is 34.4 Å². The van der Waals surface area contributed by atoms with Gasteiger partial charge in [0.05, 0.1) is 12.8 Å². The third-order valence-corrected chi connectivity index (χ3v) is 2.60. The van der Waals surface area contributed by atoms with Crippen molar-refractivity contribution in [1.29, 1.82) is 0 Å². The first-order valence-corrected chi connectivity index (χ1v) is 5.50. The highest BCUT2D eigenvalue weighted by Gasteiger charge is 2.23. The molecule has 1 amide bonds. The molecule has 0 saturated carbocycles. The highest BCUT2D eigenvalue weighted by atomic mass is 16.5. The molecule has 1 N–H and O–H groups in total. The monoisotopic (exact) mass is 240 g/mol. The number of nitrogens with one attached hydrogen (secondary N) is 1. The summed E-state index contributed by atoms with van der Waals surface area (Å²) in [6.07, 6.45) is 3.53. The van der Waals surface area contributed by atoms with E-state index in [1.165, 1.54) is 0 Å². The standard InChI is InChI=1S/C11H20N4O2/c1-12-10(9-7-13-15(3)8-9)11(16)14(2)5-6-17-4/h7-8,10,12H,5-6H2,1-4H3. The Hall–Kier alpha value is -1.40. The first-order valence-electron chi connectivity index (χ1n) is 5.50. The van der Waals surface area contributed by atoms with Crippen LogP contribution in [0.15, 0.2) is 12.4 Å². The molecule has 1 unspecified atom stereocenters. The summed E-state index contributed by atoms with van der Waals surface area (Å²) in [6.45, 7) is 1.11. The van der Waals surface area contributed by atoms with Gasteiger partial charge in [-0.1, -0.05) is 0 Å². The van der Waals surface area contributed by atoms with Gasteiger partial charge < -0.3 is 15.0 Å². The van der Waals surface area contributed by atoms with Gasteiger partial charge in [-0.05, 0) is 7.05 Å². The maximum Gasteiger partial charge on any atom is 0.244 e. The lowest BCUT2D eigenvalue weighted by Crippen LogP contribution is -2.38. The largest absolute Gasteiger partial charge is 0.383 e. The molecule has 1 atom stereocenters. The van der Waals surface area contributed by atoms with Crippen molar-refractivity contribution in [1.82, 2.24) is 20.0 Å². The molecule has 0 fully saturated rings. The summed E-state index contributed by atoms with van der Waals surface area (Å²) in [5.41, 5.74) is 0.865. The fraction of sp³-hybridized carbons (Fsp3) is 0.636. The van der Waals surface area contributed by atoms with Crippen molar-refractivity contribution in [2.24, 2.45) is 7.05 Å². The van der Waals surface area contributed by atoms with Crippen LogP contribution in [-0.4, -0.2) is 54.9 Å². The van der Waals surface area contributed by atoms with Gasteiger partial charge in [-0.3, -0.25) is 9.48 Å². The van der Waals surface area contributed by atoms with Crippen molar-refractivity contribution in [3.8, 4) is 0 Å². The number of likely N-dealkylation sites (N-methyl/N-ethyl adjacent to an activating group) is 2. The molecule has 1 rings (SSSR count). The summed E-state index contributed by atoms with van der Waals surface area (Å²) in [5.74, 6) is 0.0116. The van der Waals surface area contributed by atoms with Crippen molar-refractivity contribution >= 4 is 5.91 Å². The molecule has 1 aromatic rings. The van der Waals surface area contributed by atoms with E-state index in [0.717, 1.165) is 5.56 Å². The molecule has 1 aromatic heterocycles. The maximum atomic E-state index is 12.2. The van der Waals surface area contributed by atoms with Crippen LogP contribution in [0, 0.1) is 0 Å². The molecule has 0 spiro atoms. The number of carbonyl (C=O) groups excluding carboxylic acids is 1.